The number of carbonyl (C=O) groups excluding carboxylic acids is 1. The normalized spacial score (nSPS) is 10.9. The first kappa shape index (κ1) is 18.9. The van der Waals surface area contributed by atoms with Crippen LogP contribution in [-0.2, 0) is 0 Å². The van der Waals surface area contributed by atoms with E-state index in [0.717, 1.165) is 0 Å². The zero-order valence-corrected chi connectivity index (χ0v) is 16.6. The Balaban J connectivity index is 1.92. The van der Waals surface area contributed by atoms with Gasteiger partial charge in [-0.2, -0.15) is 0 Å². The Morgan fingerprint density at radius 2 is 1.66 bits per heavy atom. The molecule has 0 fully saturated rings. The Morgan fingerprint density at radius 3 is 2.41 bits per heavy atom. The van der Waals surface area contributed by atoms with E-state index in [0.29, 0.717) is 39.2 Å². The van der Waals surface area contributed by atoms with Crippen molar-refractivity contribution in [2.45, 2.75) is 0 Å². The summed E-state index contributed by atoms with van der Waals surface area (Å²) in [7, 11) is 3.06. The molecule has 0 atom stereocenters. The highest BCUT2D eigenvalue weighted by atomic mass is 35.5. The van der Waals surface area contributed by atoms with E-state index in [1.54, 1.807) is 54.1 Å². The first-order valence-electron chi connectivity index (χ1n) is 8.91. The van der Waals surface area contributed by atoms with Crippen LogP contribution in [0.25, 0.3) is 16.6 Å². The van der Waals surface area contributed by atoms with Crippen molar-refractivity contribution in [1.29, 1.82) is 0 Å². The molecule has 3 aromatic carbocycles. The lowest BCUT2D eigenvalue weighted by Crippen LogP contribution is -2.09. The molecule has 1 aromatic heterocycles. The molecule has 0 spiro atoms. The number of rotatable bonds is 5. The highest BCUT2D eigenvalue weighted by Crippen LogP contribution is 2.39. The van der Waals surface area contributed by atoms with Gasteiger partial charge in [0, 0.05) is 17.0 Å². The summed E-state index contributed by atoms with van der Waals surface area (Å²) in [6.45, 7) is 0. The number of benzene rings is 3. The molecule has 0 amide bonds. The van der Waals surface area contributed by atoms with Crippen LogP contribution in [0.5, 0.6) is 17.2 Å². The van der Waals surface area contributed by atoms with E-state index in [9.17, 15) is 9.90 Å². The average molecular weight is 408 g/mol. The number of aromatic hydroxyl groups is 1. The second-order valence-electron chi connectivity index (χ2n) is 6.40. The van der Waals surface area contributed by atoms with Crippen molar-refractivity contribution in [1.82, 2.24) is 4.57 Å². The molecule has 4 rings (SSSR count). The van der Waals surface area contributed by atoms with Crippen LogP contribution < -0.4 is 9.47 Å². The van der Waals surface area contributed by atoms with Gasteiger partial charge in [-0.05, 0) is 36.4 Å². The van der Waals surface area contributed by atoms with Gasteiger partial charge in [-0.25, -0.2) is 0 Å². The number of aromatic nitrogens is 1. The van der Waals surface area contributed by atoms with Crippen LogP contribution >= 0.6 is 11.6 Å². The number of ketones is 1. The summed E-state index contributed by atoms with van der Waals surface area (Å²) in [5, 5.41) is 11.2. The Labute approximate surface area is 172 Å². The SMILES string of the molecule is COc1ccc(C(=O)c2ccccc2-n2c(Cl)c(O)c3ccccc32)c(OC)c1. The molecule has 0 saturated carbocycles. The van der Waals surface area contributed by atoms with E-state index in [2.05, 4.69) is 0 Å². The topological polar surface area (TPSA) is 60.7 Å². The molecule has 0 aliphatic heterocycles. The number of methoxy groups -OCH3 is 2. The molecule has 0 aliphatic rings. The van der Waals surface area contributed by atoms with Crippen LogP contribution in [0, 0.1) is 0 Å². The van der Waals surface area contributed by atoms with Crippen LogP contribution in [0.15, 0.2) is 66.7 Å². The van der Waals surface area contributed by atoms with Gasteiger partial charge in [0.05, 0.1) is 31.0 Å². The van der Waals surface area contributed by atoms with Crippen LogP contribution in [0.1, 0.15) is 15.9 Å². The van der Waals surface area contributed by atoms with Gasteiger partial charge in [0.25, 0.3) is 0 Å². The van der Waals surface area contributed by atoms with E-state index >= 15 is 0 Å². The summed E-state index contributed by atoms with van der Waals surface area (Å²) in [6, 6.07) is 19.5. The molecule has 0 aliphatic carbocycles. The second-order valence-corrected chi connectivity index (χ2v) is 6.76. The maximum absolute atomic E-state index is 13.4. The molecule has 29 heavy (non-hydrogen) atoms. The molecule has 0 unspecified atom stereocenters. The van der Waals surface area contributed by atoms with Crippen LogP contribution in [-0.4, -0.2) is 29.7 Å². The zero-order valence-electron chi connectivity index (χ0n) is 15.8. The minimum atomic E-state index is -0.228. The van der Waals surface area contributed by atoms with Gasteiger partial charge in [-0.1, -0.05) is 35.9 Å². The predicted octanol–water partition coefficient (Wildman–Crippen LogP) is 5.24. The first-order valence-corrected chi connectivity index (χ1v) is 9.28. The number of carbonyl (C=O) groups is 1. The van der Waals surface area contributed by atoms with Gasteiger partial charge < -0.3 is 14.6 Å². The van der Waals surface area contributed by atoms with Crippen molar-refractivity contribution < 1.29 is 19.4 Å². The van der Waals surface area contributed by atoms with Crippen molar-refractivity contribution in [3.05, 3.63) is 83.0 Å². The van der Waals surface area contributed by atoms with E-state index in [4.69, 9.17) is 21.1 Å². The lowest BCUT2D eigenvalue weighted by atomic mass is 10.0. The summed E-state index contributed by atoms with van der Waals surface area (Å²) in [5.74, 6) is 0.756. The Hall–Kier alpha value is -3.44. The minimum Gasteiger partial charge on any atom is -0.504 e. The van der Waals surface area contributed by atoms with Crippen LogP contribution in [0.2, 0.25) is 5.15 Å². The van der Waals surface area contributed by atoms with Crippen molar-refractivity contribution in [2.24, 2.45) is 0 Å². The largest absolute Gasteiger partial charge is 0.504 e. The lowest BCUT2D eigenvalue weighted by molar-refractivity contribution is 0.103. The summed E-state index contributed by atoms with van der Waals surface area (Å²) in [6.07, 6.45) is 0. The fourth-order valence-corrected chi connectivity index (χ4v) is 3.70. The molecule has 6 heteroatoms. The van der Waals surface area contributed by atoms with Crippen LogP contribution in [0.3, 0.4) is 0 Å². The van der Waals surface area contributed by atoms with E-state index in [1.165, 1.54) is 7.11 Å². The molecule has 146 valence electrons. The lowest BCUT2D eigenvalue weighted by Gasteiger charge is -2.14. The van der Waals surface area contributed by atoms with E-state index in [-0.39, 0.29) is 16.7 Å². The van der Waals surface area contributed by atoms with Gasteiger partial charge in [0.2, 0.25) is 0 Å². The first-order chi connectivity index (χ1) is 14.1. The third-order valence-corrected chi connectivity index (χ3v) is 5.18. The maximum atomic E-state index is 13.4. The Bertz CT molecular complexity index is 1230. The number of halogens is 1. The summed E-state index contributed by atoms with van der Waals surface area (Å²) < 4.78 is 12.3. The van der Waals surface area contributed by atoms with Gasteiger partial charge in [-0.15, -0.1) is 0 Å². The quantitative estimate of drug-likeness (QED) is 0.460. The van der Waals surface area contributed by atoms with Crippen molar-refractivity contribution >= 4 is 28.3 Å². The molecule has 5 nitrogen and oxygen atoms in total. The highest BCUT2D eigenvalue weighted by Gasteiger charge is 2.23. The molecule has 1 N–H and O–H groups in total. The maximum Gasteiger partial charge on any atom is 0.198 e. The van der Waals surface area contributed by atoms with E-state index < -0.39 is 0 Å². The molecular formula is C23H18ClNO4. The van der Waals surface area contributed by atoms with Gasteiger partial charge in [0.15, 0.2) is 16.7 Å². The Kier molecular flexibility index (Phi) is 4.91. The van der Waals surface area contributed by atoms with Crippen molar-refractivity contribution in [2.75, 3.05) is 14.2 Å². The number of nitrogens with zero attached hydrogens (tertiary/aromatic N) is 1. The Morgan fingerprint density at radius 1 is 0.931 bits per heavy atom. The van der Waals surface area contributed by atoms with Crippen LogP contribution in [0.4, 0.5) is 0 Å². The molecule has 1 heterocycles. The minimum absolute atomic E-state index is 0.0217. The zero-order chi connectivity index (χ0) is 20.5. The number of hydrogen-bond acceptors (Lipinski definition) is 4. The van der Waals surface area contributed by atoms with Gasteiger partial charge in [-0.3, -0.25) is 9.36 Å². The van der Waals surface area contributed by atoms with Gasteiger partial charge in [0.1, 0.15) is 11.5 Å². The van der Waals surface area contributed by atoms with Crippen molar-refractivity contribution in [3.8, 4) is 22.9 Å². The number of fused-ring (bicyclic) bond motifs is 1. The molecule has 4 aromatic rings. The summed E-state index contributed by atoms with van der Waals surface area (Å²) >= 11 is 6.45. The number of ether oxygens (including phenoxy) is 2. The molecule has 0 radical (unpaired) electrons. The third kappa shape index (κ3) is 3.09. The van der Waals surface area contributed by atoms with E-state index in [1.807, 2.05) is 24.3 Å². The number of para-hydroxylation sites is 2. The summed E-state index contributed by atoms with van der Waals surface area (Å²) in [4.78, 5) is 13.4. The molecular weight excluding hydrogens is 390 g/mol. The second kappa shape index (κ2) is 7.53. The molecule has 0 bridgehead atoms. The predicted molar refractivity (Wildman–Crippen MR) is 113 cm³/mol. The smallest absolute Gasteiger partial charge is 0.198 e. The number of hydrogen-bond donors (Lipinski definition) is 1. The van der Waals surface area contributed by atoms with Gasteiger partial charge >= 0.3 is 0 Å². The fourth-order valence-electron chi connectivity index (χ4n) is 3.42. The standard InChI is InChI=1S/C23H18ClNO4/c1-28-14-11-12-17(20(13-14)29-2)21(26)15-7-3-5-9-18(15)25-19-10-6-4-8-16(19)22(27)23(25)24/h3-13,27H,1-2H3. The average Bonchev–Trinajstić information content (AvgIpc) is 3.03. The third-order valence-electron chi connectivity index (χ3n) is 4.83. The highest BCUT2D eigenvalue weighted by molar-refractivity contribution is 6.33. The summed E-state index contributed by atoms with van der Waals surface area (Å²) in [5.41, 5.74) is 2.10. The molecule has 0 saturated heterocycles. The monoisotopic (exact) mass is 407 g/mol. The van der Waals surface area contributed by atoms with Crippen molar-refractivity contribution in [3.63, 3.8) is 0 Å². The fraction of sp³-hybridized carbons (Fsp3) is 0.0870.